The van der Waals surface area contributed by atoms with Crippen LogP contribution in [0, 0.1) is 0 Å². The van der Waals surface area contributed by atoms with Crippen molar-refractivity contribution in [3.8, 4) is 5.75 Å². The summed E-state index contributed by atoms with van der Waals surface area (Å²) in [6.45, 7) is 3.22. The first-order valence-electron chi connectivity index (χ1n) is 13.3. The highest BCUT2D eigenvalue weighted by Crippen LogP contribution is 2.23. The zero-order valence-electron chi connectivity index (χ0n) is 23.0. The van der Waals surface area contributed by atoms with Gasteiger partial charge in [-0.2, -0.15) is 0 Å². The average molecular weight is 598 g/mol. The number of hydrogen-bond acceptors (Lipinski definition) is 8. The number of hydrogen-bond donors (Lipinski definition) is 5. The molecule has 222 valence electrons. The van der Waals surface area contributed by atoms with E-state index >= 15 is 0 Å². The molecule has 0 spiro atoms. The molecule has 0 saturated heterocycles. The largest absolute Gasteiger partial charge is 0.491 e. The summed E-state index contributed by atoms with van der Waals surface area (Å²) in [6, 6.07) is 10.0. The number of carbonyl (C=O) groups excluding carboxylic acids is 4. The summed E-state index contributed by atoms with van der Waals surface area (Å²) in [5.41, 5.74) is 1.36. The van der Waals surface area contributed by atoms with Gasteiger partial charge in [0.15, 0.2) is 0 Å². The standard InChI is InChI=1S/C28H32ClN7O6/c1-16-25(38)33-24(17(2)37)28(41)32-22(12-18-6-4-3-5-7-18)27(40)30-14-20-15-36(35-34-20)10-11-42-23-9-8-19(29)13-21(23)26(39)31-16/h3-9,13,15-17,22,24,37H,10-12,14H2,1-2H3,(H,30,40)(H,31,39)(H,32,41)(H,33,38)/t16-,17+,22-,24-/m0/s1. The van der Waals surface area contributed by atoms with E-state index in [2.05, 4.69) is 31.6 Å². The van der Waals surface area contributed by atoms with E-state index in [9.17, 15) is 24.3 Å². The Morgan fingerprint density at radius 2 is 1.81 bits per heavy atom. The number of halogens is 1. The Morgan fingerprint density at radius 1 is 1.05 bits per heavy atom. The smallest absolute Gasteiger partial charge is 0.255 e. The van der Waals surface area contributed by atoms with Crippen LogP contribution in [0.3, 0.4) is 0 Å². The fourth-order valence-corrected chi connectivity index (χ4v) is 4.40. The number of aromatic nitrogens is 3. The molecule has 0 saturated carbocycles. The number of amides is 4. The van der Waals surface area contributed by atoms with Gasteiger partial charge in [-0.3, -0.25) is 19.2 Å². The van der Waals surface area contributed by atoms with Crippen molar-refractivity contribution in [1.29, 1.82) is 0 Å². The number of nitrogens with one attached hydrogen (secondary N) is 4. The molecule has 1 aromatic heterocycles. The van der Waals surface area contributed by atoms with Gasteiger partial charge in [0.05, 0.1) is 31.0 Å². The van der Waals surface area contributed by atoms with Crippen molar-refractivity contribution in [3.05, 3.63) is 76.6 Å². The molecule has 2 heterocycles. The quantitative estimate of drug-likeness (QED) is 0.287. The third kappa shape index (κ3) is 8.04. The van der Waals surface area contributed by atoms with Gasteiger partial charge in [-0.05, 0) is 37.6 Å². The van der Waals surface area contributed by atoms with E-state index in [4.69, 9.17) is 16.3 Å². The highest BCUT2D eigenvalue weighted by Gasteiger charge is 2.32. The molecule has 0 unspecified atom stereocenters. The van der Waals surface area contributed by atoms with Gasteiger partial charge in [0.2, 0.25) is 17.7 Å². The highest BCUT2D eigenvalue weighted by molar-refractivity contribution is 6.31. The fourth-order valence-electron chi connectivity index (χ4n) is 4.23. The van der Waals surface area contributed by atoms with Crippen LogP contribution in [0.5, 0.6) is 5.75 Å². The van der Waals surface area contributed by atoms with Crippen LogP contribution in [0.4, 0.5) is 0 Å². The number of fused-ring (bicyclic) bond motifs is 3. The molecule has 1 aliphatic rings. The Bertz CT molecular complexity index is 1430. The predicted octanol–water partition coefficient (Wildman–Crippen LogP) is 0.352. The number of carbonyl (C=O) groups is 4. The summed E-state index contributed by atoms with van der Waals surface area (Å²) in [5, 5.41) is 29.2. The van der Waals surface area contributed by atoms with Crippen LogP contribution in [0.25, 0.3) is 0 Å². The molecule has 4 atom stereocenters. The second-order valence-electron chi connectivity index (χ2n) is 9.85. The third-order valence-corrected chi connectivity index (χ3v) is 6.75. The molecule has 3 aromatic rings. The molecule has 13 nitrogen and oxygen atoms in total. The Hall–Kier alpha value is -4.49. The molecule has 5 N–H and O–H groups in total. The van der Waals surface area contributed by atoms with Crippen molar-refractivity contribution < 1.29 is 29.0 Å². The molecule has 2 bridgehead atoms. The van der Waals surface area contributed by atoms with Gasteiger partial charge in [0.1, 0.15) is 36.2 Å². The van der Waals surface area contributed by atoms with Gasteiger partial charge in [-0.25, -0.2) is 4.68 Å². The minimum Gasteiger partial charge on any atom is -0.491 e. The van der Waals surface area contributed by atoms with Crippen molar-refractivity contribution in [2.75, 3.05) is 6.61 Å². The number of rotatable bonds is 3. The normalized spacial score (nSPS) is 21.5. The van der Waals surface area contributed by atoms with Crippen LogP contribution in [-0.2, 0) is 33.9 Å². The van der Waals surface area contributed by atoms with E-state index in [1.54, 1.807) is 12.3 Å². The Kier molecular flexibility index (Phi) is 10.1. The Morgan fingerprint density at radius 3 is 2.55 bits per heavy atom. The predicted molar refractivity (Wildman–Crippen MR) is 151 cm³/mol. The number of aliphatic hydroxyl groups is 1. The van der Waals surface area contributed by atoms with Crippen LogP contribution in [0.15, 0.2) is 54.7 Å². The summed E-state index contributed by atoms with van der Waals surface area (Å²) in [5.74, 6) is -2.40. The van der Waals surface area contributed by atoms with Crippen LogP contribution < -0.4 is 26.0 Å². The summed E-state index contributed by atoms with van der Waals surface area (Å²) in [4.78, 5) is 52.6. The molecule has 1 aliphatic heterocycles. The van der Waals surface area contributed by atoms with Gasteiger partial charge in [-0.1, -0.05) is 47.1 Å². The first-order chi connectivity index (χ1) is 20.1. The zero-order chi connectivity index (χ0) is 30.2. The van der Waals surface area contributed by atoms with Gasteiger partial charge < -0.3 is 31.1 Å². The van der Waals surface area contributed by atoms with E-state index < -0.39 is 47.9 Å². The molecule has 0 aliphatic carbocycles. The average Bonchev–Trinajstić information content (AvgIpc) is 3.42. The van der Waals surface area contributed by atoms with E-state index in [0.29, 0.717) is 5.69 Å². The lowest BCUT2D eigenvalue weighted by Crippen LogP contribution is -2.59. The second-order valence-corrected chi connectivity index (χ2v) is 10.3. The van der Waals surface area contributed by atoms with E-state index in [-0.39, 0.29) is 42.5 Å². The highest BCUT2D eigenvalue weighted by atomic mass is 35.5. The van der Waals surface area contributed by atoms with Crippen molar-refractivity contribution in [3.63, 3.8) is 0 Å². The number of ether oxygens (including phenoxy) is 1. The molecule has 4 amide bonds. The van der Waals surface area contributed by atoms with Gasteiger partial charge in [-0.15, -0.1) is 5.10 Å². The van der Waals surface area contributed by atoms with Crippen LogP contribution >= 0.6 is 11.6 Å². The first-order valence-corrected chi connectivity index (χ1v) is 13.7. The molecular weight excluding hydrogens is 566 g/mol. The minimum atomic E-state index is -1.42. The molecule has 42 heavy (non-hydrogen) atoms. The summed E-state index contributed by atoms with van der Waals surface area (Å²) >= 11 is 6.12. The Labute approximate surface area is 247 Å². The van der Waals surface area contributed by atoms with Crippen LogP contribution in [0.1, 0.15) is 35.5 Å². The monoisotopic (exact) mass is 597 g/mol. The number of nitrogens with zero attached hydrogens (tertiary/aromatic N) is 3. The summed E-state index contributed by atoms with van der Waals surface area (Å²) < 4.78 is 7.34. The Balaban J connectivity index is 1.62. The maximum atomic E-state index is 13.3. The van der Waals surface area contributed by atoms with Crippen LogP contribution in [-0.4, -0.2) is 74.6 Å². The van der Waals surface area contributed by atoms with Crippen LogP contribution in [0.2, 0.25) is 5.02 Å². The van der Waals surface area contributed by atoms with Crippen molar-refractivity contribution >= 4 is 35.2 Å². The van der Waals surface area contributed by atoms with E-state index in [1.165, 1.54) is 30.7 Å². The molecule has 0 fully saturated rings. The second kappa shape index (κ2) is 13.9. The topological polar surface area (TPSA) is 177 Å². The fraction of sp³-hybridized carbons (Fsp3) is 0.357. The molecule has 4 rings (SSSR count). The molecule has 0 radical (unpaired) electrons. The molecule has 2 aromatic carbocycles. The minimum absolute atomic E-state index is 0.0381. The van der Waals surface area contributed by atoms with Gasteiger partial charge in [0, 0.05) is 11.4 Å². The first kappa shape index (κ1) is 30.5. The van der Waals surface area contributed by atoms with E-state index in [0.717, 1.165) is 5.56 Å². The lowest BCUT2D eigenvalue weighted by Gasteiger charge is -2.26. The lowest BCUT2D eigenvalue weighted by molar-refractivity contribution is -0.134. The summed E-state index contributed by atoms with van der Waals surface area (Å²) in [7, 11) is 0. The van der Waals surface area contributed by atoms with Crippen molar-refractivity contribution in [1.82, 2.24) is 36.3 Å². The van der Waals surface area contributed by atoms with Gasteiger partial charge >= 0.3 is 0 Å². The van der Waals surface area contributed by atoms with E-state index in [1.807, 2.05) is 30.3 Å². The maximum absolute atomic E-state index is 13.3. The zero-order valence-corrected chi connectivity index (χ0v) is 23.8. The number of aliphatic hydroxyl groups excluding tert-OH is 1. The van der Waals surface area contributed by atoms with Crippen molar-refractivity contribution in [2.24, 2.45) is 0 Å². The maximum Gasteiger partial charge on any atom is 0.255 e. The third-order valence-electron chi connectivity index (χ3n) is 6.51. The molecule has 14 heteroatoms. The summed E-state index contributed by atoms with van der Waals surface area (Å²) in [6.07, 6.45) is 0.471. The van der Waals surface area contributed by atoms with Gasteiger partial charge in [0.25, 0.3) is 5.91 Å². The molecular formula is C28H32ClN7O6. The number of benzene rings is 2. The lowest BCUT2D eigenvalue weighted by atomic mass is 10.0. The SMILES string of the molecule is C[C@@H]1NC(=O)c2cc(Cl)ccc2OCCn2cc(nn2)CNC(=O)[C@H](Cc2ccccc2)NC(=O)[C@H]([C@@H](C)O)NC1=O. The van der Waals surface area contributed by atoms with Crippen molar-refractivity contribution in [2.45, 2.75) is 57.6 Å².